The van der Waals surface area contributed by atoms with Crippen molar-refractivity contribution in [2.24, 2.45) is 0 Å². The van der Waals surface area contributed by atoms with E-state index in [0.717, 1.165) is 0 Å². The fraction of sp³-hybridized carbons (Fsp3) is 0.0833. The standard InChI is InChI=1S/C24H20ClN3O5/c1-15-19(25)7-5-8-20(15)26-24(30)21(14-16-10-12-17(13-11-16)28(31)32)27-23(29)18-6-3-4-9-22(18)33-2/h3-14H,1-2H3,(H,26,30)(H,27,29)/b21-14-. The van der Waals surface area contributed by atoms with Crippen LogP contribution in [0.5, 0.6) is 5.75 Å². The number of non-ortho nitro benzene ring substituents is 1. The number of nitro groups is 1. The number of nitrogens with one attached hydrogen (secondary N) is 2. The molecule has 0 saturated heterocycles. The second-order valence-electron chi connectivity index (χ2n) is 6.93. The summed E-state index contributed by atoms with van der Waals surface area (Å²) in [6, 6.07) is 17.2. The second kappa shape index (κ2) is 10.4. The fourth-order valence-electron chi connectivity index (χ4n) is 2.97. The van der Waals surface area contributed by atoms with Gasteiger partial charge in [-0.1, -0.05) is 29.8 Å². The maximum absolute atomic E-state index is 13.1. The predicted octanol–water partition coefficient (Wildman–Crippen LogP) is 4.97. The zero-order valence-corrected chi connectivity index (χ0v) is 18.6. The molecule has 0 aliphatic rings. The van der Waals surface area contributed by atoms with Crippen molar-refractivity contribution in [2.45, 2.75) is 6.92 Å². The van der Waals surface area contributed by atoms with Crippen LogP contribution in [0.4, 0.5) is 11.4 Å². The number of para-hydroxylation sites is 1. The molecule has 0 aliphatic heterocycles. The molecule has 3 aromatic rings. The van der Waals surface area contributed by atoms with Gasteiger partial charge in [-0.05, 0) is 60.5 Å². The van der Waals surface area contributed by atoms with Gasteiger partial charge in [-0.3, -0.25) is 19.7 Å². The molecule has 8 nitrogen and oxygen atoms in total. The SMILES string of the molecule is COc1ccccc1C(=O)N/C(=C\c1ccc([N+](=O)[O-])cc1)C(=O)Nc1cccc(Cl)c1C. The molecular formula is C24H20ClN3O5. The van der Waals surface area contributed by atoms with Crippen LogP contribution in [0.2, 0.25) is 5.02 Å². The molecule has 2 amide bonds. The molecule has 2 N–H and O–H groups in total. The Hall–Kier alpha value is -4.17. The minimum atomic E-state index is -0.595. The molecule has 0 unspecified atom stereocenters. The van der Waals surface area contributed by atoms with Gasteiger partial charge in [0.15, 0.2) is 0 Å². The Morgan fingerprint density at radius 3 is 2.39 bits per heavy atom. The molecule has 3 aromatic carbocycles. The lowest BCUT2D eigenvalue weighted by molar-refractivity contribution is -0.384. The minimum Gasteiger partial charge on any atom is -0.496 e. The molecule has 0 atom stereocenters. The van der Waals surface area contributed by atoms with Gasteiger partial charge in [0, 0.05) is 22.8 Å². The molecular weight excluding hydrogens is 446 g/mol. The fourth-order valence-corrected chi connectivity index (χ4v) is 3.15. The molecule has 9 heteroatoms. The third kappa shape index (κ3) is 5.75. The van der Waals surface area contributed by atoms with E-state index in [-0.39, 0.29) is 16.9 Å². The number of nitrogens with zero attached hydrogens (tertiary/aromatic N) is 1. The Morgan fingerprint density at radius 1 is 1.03 bits per heavy atom. The van der Waals surface area contributed by atoms with Gasteiger partial charge in [0.05, 0.1) is 17.6 Å². The van der Waals surface area contributed by atoms with E-state index in [2.05, 4.69) is 10.6 Å². The number of hydrogen-bond acceptors (Lipinski definition) is 5. The largest absolute Gasteiger partial charge is 0.496 e. The number of benzene rings is 3. The Kier molecular flexibility index (Phi) is 7.42. The van der Waals surface area contributed by atoms with E-state index in [9.17, 15) is 19.7 Å². The van der Waals surface area contributed by atoms with Crippen molar-refractivity contribution in [1.29, 1.82) is 0 Å². The highest BCUT2D eigenvalue weighted by Crippen LogP contribution is 2.24. The van der Waals surface area contributed by atoms with Crippen LogP contribution in [0.15, 0.2) is 72.4 Å². The lowest BCUT2D eigenvalue weighted by atomic mass is 10.1. The Bertz CT molecular complexity index is 1240. The van der Waals surface area contributed by atoms with Crippen molar-refractivity contribution in [2.75, 3.05) is 12.4 Å². The van der Waals surface area contributed by atoms with Crippen molar-refractivity contribution in [3.8, 4) is 5.75 Å². The first-order valence-corrected chi connectivity index (χ1v) is 10.1. The number of hydrogen-bond donors (Lipinski definition) is 2. The number of carbonyl (C=O) groups is 2. The van der Waals surface area contributed by atoms with Gasteiger partial charge in [0.1, 0.15) is 11.4 Å². The number of halogens is 1. The molecule has 0 heterocycles. The molecule has 0 radical (unpaired) electrons. The van der Waals surface area contributed by atoms with Crippen LogP contribution in [0, 0.1) is 17.0 Å². The molecule has 0 aliphatic carbocycles. The molecule has 0 aromatic heterocycles. The van der Waals surface area contributed by atoms with Gasteiger partial charge in [-0.2, -0.15) is 0 Å². The van der Waals surface area contributed by atoms with Gasteiger partial charge in [0.2, 0.25) is 0 Å². The topological polar surface area (TPSA) is 111 Å². The van der Waals surface area contributed by atoms with Crippen LogP contribution >= 0.6 is 11.6 Å². The van der Waals surface area contributed by atoms with E-state index in [1.54, 1.807) is 49.4 Å². The van der Waals surface area contributed by atoms with Crippen LogP contribution in [-0.2, 0) is 4.79 Å². The summed E-state index contributed by atoms with van der Waals surface area (Å²) in [4.78, 5) is 36.4. The van der Waals surface area contributed by atoms with Gasteiger partial charge in [-0.15, -0.1) is 0 Å². The number of anilines is 1. The smallest absolute Gasteiger partial charge is 0.272 e. The van der Waals surface area contributed by atoms with Gasteiger partial charge >= 0.3 is 0 Å². The molecule has 0 spiro atoms. The van der Waals surface area contributed by atoms with Crippen LogP contribution in [0.1, 0.15) is 21.5 Å². The maximum atomic E-state index is 13.1. The zero-order chi connectivity index (χ0) is 24.0. The predicted molar refractivity (Wildman–Crippen MR) is 126 cm³/mol. The molecule has 0 bridgehead atoms. The highest BCUT2D eigenvalue weighted by Gasteiger charge is 2.18. The molecule has 168 valence electrons. The Morgan fingerprint density at radius 2 is 1.73 bits per heavy atom. The van der Waals surface area contributed by atoms with Crippen molar-refractivity contribution in [3.63, 3.8) is 0 Å². The second-order valence-corrected chi connectivity index (χ2v) is 7.33. The Balaban J connectivity index is 1.96. The van der Waals surface area contributed by atoms with Crippen LogP contribution < -0.4 is 15.4 Å². The maximum Gasteiger partial charge on any atom is 0.272 e. The molecule has 0 fully saturated rings. The quantitative estimate of drug-likeness (QED) is 0.290. The van der Waals surface area contributed by atoms with E-state index in [1.807, 2.05) is 0 Å². The normalized spacial score (nSPS) is 10.9. The van der Waals surface area contributed by atoms with E-state index in [4.69, 9.17) is 16.3 Å². The van der Waals surface area contributed by atoms with E-state index >= 15 is 0 Å². The van der Waals surface area contributed by atoms with E-state index in [1.165, 1.54) is 37.5 Å². The highest BCUT2D eigenvalue weighted by atomic mass is 35.5. The molecule has 0 saturated carbocycles. The summed E-state index contributed by atoms with van der Waals surface area (Å²) < 4.78 is 5.23. The van der Waals surface area contributed by atoms with Crippen molar-refractivity contribution >= 4 is 40.9 Å². The Labute approximate surface area is 195 Å². The van der Waals surface area contributed by atoms with Crippen LogP contribution in [-0.4, -0.2) is 23.8 Å². The van der Waals surface area contributed by atoms with Gasteiger partial charge in [-0.25, -0.2) is 0 Å². The van der Waals surface area contributed by atoms with Crippen molar-refractivity contribution in [3.05, 3.63) is 104 Å². The summed E-state index contributed by atoms with van der Waals surface area (Å²) in [5, 5.41) is 16.7. The van der Waals surface area contributed by atoms with Crippen LogP contribution in [0.25, 0.3) is 6.08 Å². The number of rotatable bonds is 7. The number of methoxy groups -OCH3 is 1. The zero-order valence-electron chi connectivity index (χ0n) is 17.8. The van der Waals surface area contributed by atoms with Gasteiger partial charge in [0.25, 0.3) is 17.5 Å². The summed E-state index contributed by atoms with van der Waals surface area (Å²) in [5.74, 6) is -0.809. The summed E-state index contributed by atoms with van der Waals surface area (Å²) in [7, 11) is 1.44. The van der Waals surface area contributed by atoms with E-state index < -0.39 is 16.7 Å². The highest BCUT2D eigenvalue weighted by molar-refractivity contribution is 6.31. The van der Waals surface area contributed by atoms with E-state index in [0.29, 0.717) is 27.6 Å². The number of carbonyl (C=O) groups excluding carboxylic acids is 2. The third-order valence-electron chi connectivity index (χ3n) is 4.78. The monoisotopic (exact) mass is 465 g/mol. The molecule has 3 rings (SSSR count). The summed E-state index contributed by atoms with van der Waals surface area (Å²) in [6.45, 7) is 1.76. The van der Waals surface area contributed by atoms with Gasteiger partial charge < -0.3 is 15.4 Å². The first kappa shape index (κ1) is 23.5. The van der Waals surface area contributed by atoms with Crippen molar-refractivity contribution < 1.29 is 19.2 Å². The summed E-state index contributed by atoms with van der Waals surface area (Å²) in [5.41, 5.74) is 1.70. The summed E-state index contributed by atoms with van der Waals surface area (Å²) in [6.07, 6.45) is 1.42. The average Bonchev–Trinajstić information content (AvgIpc) is 2.81. The lowest BCUT2D eigenvalue weighted by Crippen LogP contribution is -2.31. The lowest BCUT2D eigenvalue weighted by Gasteiger charge is -2.14. The average molecular weight is 466 g/mol. The number of amides is 2. The molecule has 33 heavy (non-hydrogen) atoms. The number of nitro benzene ring substituents is 1. The van der Waals surface area contributed by atoms with Crippen molar-refractivity contribution in [1.82, 2.24) is 5.32 Å². The third-order valence-corrected chi connectivity index (χ3v) is 5.18. The van der Waals surface area contributed by atoms with Crippen LogP contribution in [0.3, 0.4) is 0 Å². The first-order valence-electron chi connectivity index (χ1n) is 9.77. The minimum absolute atomic E-state index is 0.0702. The first-order chi connectivity index (χ1) is 15.8. The summed E-state index contributed by atoms with van der Waals surface area (Å²) >= 11 is 6.14. The number of ether oxygens (including phenoxy) is 1.